The topological polar surface area (TPSA) is 0 Å². The van der Waals surface area contributed by atoms with E-state index in [0.29, 0.717) is 5.92 Å². The highest BCUT2D eigenvalue weighted by molar-refractivity contribution is 5.72. The molecule has 0 amide bonds. The lowest BCUT2D eigenvalue weighted by Gasteiger charge is -2.38. The first-order valence-corrected chi connectivity index (χ1v) is 13.1. The summed E-state index contributed by atoms with van der Waals surface area (Å²) in [6, 6.07) is 29.2. The van der Waals surface area contributed by atoms with Crippen LogP contribution >= 0.6 is 0 Å². The number of unbranched alkanes of at least 4 members (excludes halogenated alkanes) is 2. The first-order chi connectivity index (χ1) is 15.8. The monoisotopic (exact) mass is 424 g/mol. The quantitative estimate of drug-likeness (QED) is 0.300. The van der Waals surface area contributed by atoms with Gasteiger partial charge in [-0.25, -0.2) is 0 Å². The van der Waals surface area contributed by atoms with Gasteiger partial charge in [0.15, 0.2) is 0 Å². The third-order valence-electron chi connectivity index (χ3n) is 7.77. The maximum Gasteiger partial charge on any atom is -0.0127 e. The van der Waals surface area contributed by atoms with Crippen LogP contribution in [0, 0.1) is 11.8 Å². The van der Waals surface area contributed by atoms with E-state index in [-0.39, 0.29) is 0 Å². The molecule has 0 saturated heterocycles. The molecule has 0 aromatic heterocycles. The minimum Gasteiger partial charge on any atom is -0.0654 e. The van der Waals surface area contributed by atoms with Gasteiger partial charge < -0.3 is 0 Å². The summed E-state index contributed by atoms with van der Waals surface area (Å²) < 4.78 is 0. The fraction of sp³-hybridized carbons (Fsp3) is 0.438. The van der Waals surface area contributed by atoms with Crippen molar-refractivity contribution in [1.82, 2.24) is 0 Å². The third-order valence-corrected chi connectivity index (χ3v) is 7.77. The summed E-state index contributed by atoms with van der Waals surface area (Å²) in [7, 11) is 0. The van der Waals surface area contributed by atoms with E-state index >= 15 is 0 Å². The Morgan fingerprint density at radius 3 is 2.09 bits per heavy atom. The molecule has 0 nitrogen and oxygen atoms in total. The zero-order valence-corrected chi connectivity index (χ0v) is 20.1. The van der Waals surface area contributed by atoms with Gasteiger partial charge in [-0.15, -0.1) is 0 Å². The Morgan fingerprint density at radius 2 is 1.34 bits per heavy atom. The third kappa shape index (κ3) is 5.34. The summed E-state index contributed by atoms with van der Waals surface area (Å²) in [5.41, 5.74) is 6.96. The molecule has 0 bridgehead atoms. The molecule has 1 saturated carbocycles. The number of benzene rings is 3. The maximum atomic E-state index is 2.42. The van der Waals surface area contributed by atoms with Gasteiger partial charge in [-0.1, -0.05) is 138 Å². The predicted octanol–water partition coefficient (Wildman–Crippen LogP) is 9.90. The van der Waals surface area contributed by atoms with Crippen LogP contribution in [0.5, 0.6) is 0 Å². The van der Waals surface area contributed by atoms with E-state index in [2.05, 4.69) is 92.7 Å². The predicted molar refractivity (Wildman–Crippen MR) is 140 cm³/mol. The zero-order chi connectivity index (χ0) is 22.2. The molecule has 168 valence electrons. The molecule has 3 aromatic carbocycles. The lowest BCUT2D eigenvalue weighted by molar-refractivity contribution is 0.182. The molecule has 0 aliphatic heterocycles. The van der Waals surface area contributed by atoms with E-state index in [4.69, 9.17) is 0 Å². The SMILES string of the molecule is CCCCCC1CCCCC1C(CC)c1ccccc1-c1ccc(-c2ccccc2)cc1. The van der Waals surface area contributed by atoms with Crippen LogP contribution in [0.4, 0.5) is 0 Å². The van der Waals surface area contributed by atoms with Gasteiger partial charge in [-0.2, -0.15) is 0 Å². The van der Waals surface area contributed by atoms with Gasteiger partial charge in [0.1, 0.15) is 0 Å². The lowest BCUT2D eigenvalue weighted by atomic mass is 9.67. The number of hydrogen-bond acceptors (Lipinski definition) is 0. The highest BCUT2D eigenvalue weighted by atomic mass is 14.4. The van der Waals surface area contributed by atoms with Crippen LogP contribution in [0.3, 0.4) is 0 Å². The van der Waals surface area contributed by atoms with E-state index in [0.717, 1.165) is 11.8 Å². The van der Waals surface area contributed by atoms with Crippen molar-refractivity contribution in [3.63, 3.8) is 0 Å². The number of rotatable bonds is 9. The van der Waals surface area contributed by atoms with Crippen molar-refractivity contribution in [1.29, 1.82) is 0 Å². The largest absolute Gasteiger partial charge is 0.0654 e. The second kappa shape index (κ2) is 11.5. The van der Waals surface area contributed by atoms with Crippen LogP contribution in [0.25, 0.3) is 22.3 Å². The Balaban J connectivity index is 1.61. The Kier molecular flexibility index (Phi) is 8.21. The van der Waals surface area contributed by atoms with Gasteiger partial charge >= 0.3 is 0 Å². The van der Waals surface area contributed by atoms with Crippen molar-refractivity contribution in [2.45, 2.75) is 77.6 Å². The molecule has 1 aliphatic rings. The van der Waals surface area contributed by atoms with Gasteiger partial charge in [0, 0.05) is 0 Å². The van der Waals surface area contributed by atoms with Crippen molar-refractivity contribution < 1.29 is 0 Å². The van der Waals surface area contributed by atoms with Crippen molar-refractivity contribution >= 4 is 0 Å². The van der Waals surface area contributed by atoms with Crippen molar-refractivity contribution in [3.05, 3.63) is 84.4 Å². The molecule has 3 atom stereocenters. The van der Waals surface area contributed by atoms with Crippen LogP contribution in [0.15, 0.2) is 78.9 Å². The minimum atomic E-state index is 0.673. The maximum absolute atomic E-state index is 2.42. The van der Waals surface area contributed by atoms with Crippen molar-refractivity contribution in [2.24, 2.45) is 11.8 Å². The fourth-order valence-electron chi connectivity index (χ4n) is 6.09. The Labute approximate surface area is 196 Å². The molecule has 0 radical (unpaired) electrons. The smallest absolute Gasteiger partial charge is 0.0127 e. The second-order valence-electron chi connectivity index (χ2n) is 9.75. The van der Waals surface area contributed by atoms with Crippen molar-refractivity contribution in [3.8, 4) is 22.3 Å². The molecule has 3 aromatic rings. The highest BCUT2D eigenvalue weighted by Crippen LogP contribution is 2.46. The summed E-state index contributed by atoms with van der Waals surface area (Å²) in [5.74, 6) is 2.43. The van der Waals surface area contributed by atoms with Gasteiger partial charge in [0.25, 0.3) is 0 Å². The average molecular weight is 425 g/mol. The fourth-order valence-corrected chi connectivity index (χ4v) is 6.09. The van der Waals surface area contributed by atoms with E-state index in [9.17, 15) is 0 Å². The summed E-state index contributed by atoms with van der Waals surface area (Å²) in [6.45, 7) is 4.74. The van der Waals surface area contributed by atoms with Gasteiger partial charge in [0.05, 0.1) is 0 Å². The summed E-state index contributed by atoms with van der Waals surface area (Å²) in [5, 5.41) is 0. The Morgan fingerprint density at radius 1 is 0.688 bits per heavy atom. The van der Waals surface area contributed by atoms with Gasteiger partial charge in [-0.3, -0.25) is 0 Å². The summed E-state index contributed by atoms with van der Waals surface area (Å²) in [4.78, 5) is 0. The molecule has 32 heavy (non-hydrogen) atoms. The molecule has 3 unspecified atom stereocenters. The van der Waals surface area contributed by atoms with Gasteiger partial charge in [-0.05, 0) is 58.4 Å². The van der Waals surface area contributed by atoms with E-state index in [1.807, 2.05) is 0 Å². The standard InChI is InChI=1S/C32H40/c1-3-5-7-16-27-17-10-11-18-30(27)29(4-2)32-20-13-12-19-31(32)28-23-21-26(22-24-28)25-14-8-6-9-15-25/h6,8-9,12-15,19-24,27,29-30H,3-5,7,10-11,16-18H2,1-2H3. The number of hydrogen-bond donors (Lipinski definition) is 0. The first-order valence-electron chi connectivity index (χ1n) is 13.1. The van der Waals surface area contributed by atoms with E-state index < -0.39 is 0 Å². The first kappa shape index (κ1) is 22.8. The second-order valence-corrected chi connectivity index (χ2v) is 9.75. The molecule has 0 heterocycles. The lowest BCUT2D eigenvalue weighted by Crippen LogP contribution is -2.26. The van der Waals surface area contributed by atoms with Crippen LogP contribution in [-0.4, -0.2) is 0 Å². The molecule has 1 aliphatic carbocycles. The minimum absolute atomic E-state index is 0.673. The van der Waals surface area contributed by atoms with Crippen LogP contribution in [0.2, 0.25) is 0 Å². The van der Waals surface area contributed by atoms with E-state index in [1.165, 1.54) is 80.0 Å². The zero-order valence-electron chi connectivity index (χ0n) is 20.1. The molecule has 4 rings (SSSR count). The summed E-state index contributed by atoms with van der Waals surface area (Å²) >= 11 is 0. The van der Waals surface area contributed by atoms with Crippen LogP contribution in [0.1, 0.15) is 83.1 Å². The highest BCUT2D eigenvalue weighted by Gasteiger charge is 2.32. The normalized spacial score (nSPS) is 19.6. The average Bonchev–Trinajstić information content (AvgIpc) is 2.86. The van der Waals surface area contributed by atoms with Crippen LogP contribution in [-0.2, 0) is 0 Å². The van der Waals surface area contributed by atoms with Gasteiger partial charge in [0.2, 0.25) is 0 Å². The Hall–Kier alpha value is -2.34. The molecular formula is C32H40. The Bertz CT molecular complexity index is 937. The molecular weight excluding hydrogens is 384 g/mol. The molecule has 0 heteroatoms. The van der Waals surface area contributed by atoms with E-state index in [1.54, 1.807) is 5.56 Å². The molecule has 1 fully saturated rings. The molecule has 0 N–H and O–H groups in total. The van der Waals surface area contributed by atoms with Crippen LogP contribution < -0.4 is 0 Å². The molecule has 0 spiro atoms. The summed E-state index contributed by atoms with van der Waals surface area (Å²) in [6.07, 6.45) is 12.5. The van der Waals surface area contributed by atoms with Crippen molar-refractivity contribution in [2.75, 3.05) is 0 Å².